The van der Waals surface area contributed by atoms with E-state index in [4.69, 9.17) is 0 Å². The molecule has 3 N–H and O–H groups in total. The fourth-order valence-corrected chi connectivity index (χ4v) is 1.51. The van der Waals surface area contributed by atoms with Gasteiger partial charge in [0.1, 0.15) is 0 Å². The van der Waals surface area contributed by atoms with Crippen LogP contribution in [0.25, 0.3) is 0 Å². The van der Waals surface area contributed by atoms with Gasteiger partial charge in [0.25, 0.3) is 0 Å². The van der Waals surface area contributed by atoms with Gasteiger partial charge in [-0.05, 0) is 12.8 Å². The molecule has 0 spiro atoms. The van der Waals surface area contributed by atoms with Crippen LogP contribution in [0.4, 0.5) is 0 Å². The second kappa shape index (κ2) is 7.87. The number of rotatable bonds is 8. The van der Waals surface area contributed by atoms with Crippen LogP contribution in [0.2, 0.25) is 0 Å². The number of carboxylic acid groups (broad SMARTS) is 1. The number of carbonyl (C=O) groups is 3. The summed E-state index contributed by atoms with van der Waals surface area (Å²) in [5.41, 5.74) is -1.08. The molecule has 6 nitrogen and oxygen atoms in total. The summed E-state index contributed by atoms with van der Waals surface area (Å²) in [5, 5.41) is 14.5. The third-order valence-electron chi connectivity index (χ3n) is 3.56. The highest BCUT2D eigenvalue weighted by Crippen LogP contribution is 2.31. The van der Waals surface area contributed by atoms with E-state index in [1.807, 2.05) is 0 Å². The number of amides is 2. The molecule has 1 unspecified atom stereocenters. The molecule has 6 heteroatoms. The van der Waals surface area contributed by atoms with E-state index in [1.54, 1.807) is 34.6 Å². The Kier molecular flexibility index (Phi) is 7.24. The van der Waals surface area contributed by atoms with Crippen molar-refractivity contribution in [3.05, 3.63) is 0 Å². The third-order valence-corrected chi connectivity index (χ3v) is 3.56. The van der Waals surface area contributed by atoms with E-state index in [0.717, 1.165) is 0 Å². The highest BCUT2D eigenvalue weighted by molar-refractivity contribution is 5.85. The lowest BCUT2D eigenvalue weighted by atomic mass is 9.76. The Morgan fingerprint density at radius 1 is 1.05 bits per heavy atom. The summed E-state index contributed by atoms with van der Waals surface area (Å²) in [5.74, 6) is -1.61. The fourth-order valence-electron chi connectivity index (χ4n) is 1.51. The largest absolute Gasteiger partial charge is 0.481 e. The number of hydrogen-bond donors (Lipinski definition) is 3. The van der Waals surface area contributed by atoms with Crippen LogP contribution in [-0.2, 0) is 14.4 Å². The van der Waals surface area contributed by atoms with Gasteiger partial charge in [0.2, 0.25) is 11.8 Å². The van der Waals surface area contributed by atoms with Crippen LogP contribution in [-0.4, -0.2) is 36.0 Å². The molecule has 2 amide bonds. The van der Waals surface area contributed by atoms with Crippen LogP contribution in [0.15, 0.2) is 0 Å². The van der Waals surface area contributed by atoms with Gasteiger partial charge in [0.05, 0.1) is 5.41 Å². The van der Waals surface area contributed by atoms with Crippen LogP contribution in [0.5, 0.6) is 0 Å². The zero-order valence-electron chi connectivity index (χ0n) is 12.9. The van der Waals surface area contributed by atoms with Gasteiger partial charge in [-0.2, -0.15) is 0 Å². The summed E-state index contributed by atoms with van der Waals surface area (Å²) >= 11 is 0. The summed E-state index contributed by atoms with van der Waals surface area (Å²) in [4.78, 5) is 34.3. The molecule has 0 aromatic carbocycles. The van der Waals surface area contributed by atoms with E-state index >= 15 is 0 Å². The molecular weight excluding hydrogens is 260 g/mol. The number of carbonyl (C=O) groups excluding carboxylic acids is 2. The molecule has 0 bridgehead atoms. The van der Waals surface area contributed by atoms with Gasteiger partial charge in [-0.1, -0.05) is 27.7 Å². The van der Waals surface area contributed by atoms with Crippen LogP contribution in [0.3, 0.4) is 0 Å². The first-order chi connectivity index (χ1) is 9.11. The molecule has 0 heterocycles. The first kappa shape index (κ1) is 18.4. The Balaban J connectivity index is 4.17. The van der Waals surface area contributed by atoms with E-state index in [1.165, 1.54) is 0 Å². The van der Waals surface area contributed by atoms with E-state index in [0.29, 0.717) is 13.1 Å². The topological polar surface area (TPSA) is 95.5 Å². The van der Waals surface area contributed by atoms with E-state index in [-0.39, 0.29) is 30.1 Å². The molecule has 116 valence electrons. The van der Waals surface area contributed by atoms with Crippen LogP contribution < -0.4 is 10.6 Å². The van der Waals surface area contributed by atoms with Crippen molar-refractivity contribution < 1.29 is 19.5 Å². The SMILES string of the molecule is CC(C)C(=O)NCCNC(=O)CC(C)(C(=O)O)C(C)C. The number of hydrogen-bond acceptors (Lipinski definition) is 3. The van der Waals surface area contributed by atoms with Crippen molar-refractivity contribution in [1.29, 1.82) is 0 Å². The molecule has 0 saturated carbocycles. The molecule has 20 heavy (non-hydrogen) atoms. The summed E-state index contributed by atoms with van der Waals surface area (Å²) in [6.07, 6.45) is -0.0713. The minimum atomic E-state index is -1.08. The molecule has 0 aromatic rings. The lowest BCUT2D eigenvalue weighted by Crippen LogP contribution is -2.41. The van der Waals surface area contributed by atoms with Gasteiger partial charge in [-0.15, -0.1) is 0 Å². The van der Waals surface area contributed by atoms with Crippen molar-refractivity contribution in [3.63, 3.8) is 0 Å². The summed E-state index contributed by atoms with van der Waals surface area (Å²) in [6.45, 7) is 9.34. The fraction of sp³-hybridized carbons (Fsp3) is 0.786. The zero-order valence-corrected chi connectivity index (χ0v) is 12.9. The van der Waals surface area contributed by atoms with Crippen molar-refractivity contribution in [3.8, 4) is 0 Å². The Morgan fingerprint density at radius 2 is 1.55 bits per heavy atom. The average Bonchev–Trinajstić information content (AvgIpc) is 2.33. The van der Waals surface area contributed by atoms with Gasteiger partial charge in [0, 0.05) is 25.4 Å². The molecule has 0 aliphatic heterocycles. The van der Waals surface area contributed by atoms with Crippen LogP contribution in [0, 0.1) is 17.3 Å². The predicted molar refractivity (Wildman–Crippen MR) is 76.1 cm³/mol. The van der Waals surface area contributed by atoms with Crippen LogP contribution in [0.1, 0.15) is 41.0 Å². The minimum Gasteiger partial charge on any atom is -0.481 e. The van der Waals surface area contributed by atoms with E-state index in [9.17, 15) is 19.5 Å². The lowest BCUT2D eigenvalue weighted by molar-refractivity contribution is -0.153. The summed E-state index contributed by atoms with van der Waals surface area (Å²) in [6, 6.07) is 0. The number of nitrogens with one attached hydrogen (secondary N) is 2. The van der Waals surface area contributed by atoms with Gasteiger partial charge >= 0.3 is 5.97 Å². The zero-order chi connectivity index (χ0) is 15.9. The quantitative estimate of drug-likeness (QED) is 0.580. The highest BCUT2D eigenvalue weighted by Gasteiger charge is 2.38. The second-order valence-electron chi connectivity index (χ2n) is 5.85. The first-order valence-electron chi connectivity index (χ1n) is 6.89. The standard InChI is InChI=1S/C14H26N2O4/c1-9(2)12(18)16-7-6-15-11(17)8-14(5,10(3)4)13(19)20/h9-10H,6-8H2,1-5H3,(H,15,17)(H,16,18)(H,19,20). The Bertz CT molecular complexity index is 366. The Labute approximate surface area is 120 Å². The van der Waals surface area contributed by atoms with E-state index < -0.39 is 11.4 Å². The molecule has 0 aliphatic rings. The lowest BCUT2D eigenvalue weighted by Gasteiger charge is -2.28. The molecule has 0 aromatic heterocycles. The maximum atomic E-state index is 11.8. The first-order valence-corrected chi connectivity index (χ1v) is 6.89. The molecule has 1 atom stereocenters. The molecule has 0 fully saturated rings. The Morgan fingerprint density at radius 3 is 1.95 bits per heavy atom. The van der Waals surface area contributed by atoms with E-state index in [2.05, 4.69) is 10.6 Å². The average molecular weight is 286 g/mol. The van der Waals surface area contributed by atoms with Crippen molar-refractivity contribution >= 4 is 17.8 Å². The van der Waals surface area contributed by atoms with Crippen LogP contribution >= 0.6 is 0 Å². The van der Waals surface area contributed by atoms with Gasteiger partial charge in [0.15, 0.2) is 0 Å². The third kappa shape index (κ3) is 5.59. The second-order valence-corrected chi connectivity index (χ2v) is 5.85. The molecule has 0 aliphatic carbocycles. The Hall–Kier alpha value is -1.59. The molecular formula is C14H26N2O4. The smallest absolute Gasteiger partial charge is 0.310 e. The minimum absolute atomic E-state index is 0.0713. The van der Waals surface area contributed by atoms with Crippen molar-refractivity contribution in [2.75, 3.05) is 13.1 Å². The van der Waals surface area contributed by atoms with Gasteiger partial charge in [-0.3, -0.25) is 14.4 Å². The normalized spacial score (nSPS) is 13.9. The van der Waals surface area contributed by atoms with Crippen molar-refractivity contribution in [2.24, 2.45) is 17.3 Å². The predicted octanol–water partition coefficient (Wildman–Crippen LogP) is 1.01. The molecule has 0 saturated heterocycles. The number of aliphatic carboxylic acids is 1. The molecule has 0 radical (unpaired) electrons. The monoisotopic (exact) mass is 286 g/mol. The maximum absolute atomic E-state index is 11.8. The van der Waals surface area contributed by atoms with Gasteiger partial charge in [-0.25, -0.2) is 0 Å². The number of carboxylic acids is 1. The van der Waals surface area contributed by atoms with Crippen molar-refractivity contribution in [2.45, 2.75) is 41.0 Å². The highest BCUT2D eigenvalue weighted by atomic mass is 16.4. The summed E-state index contributed by atoms with van der Waals surface area (Å²) in [7, 11) is 0. The maximum Gasteiger partial charge on any atom is 0.310 e. The van der Waals surface area contributed by atoms with Gasteiger partial charge < -0.3 is 15.7 Å². The van der Waals surface area contributed by atoms with Crippen molar-refractivity contribution in [1.82, 2.24) is 10.6 Å². The summed E-state index contributed by atoms with van der Waals surface area (Å²) < 4.78 is 0. The molecule has 0 rings (SSSR count).